The van der Waals surface area contributed by atoms with E-state index in [1.165, 1.54) is 64.5 Å². The molecule has 0 aliphatic carbocycles. The zero-order chi connectivity index (χ0) is 22.3. The van der Waals surface area contributed by atoms with E-state index in [0.717, 1.165) is 30.4 Å². The van der Waals surface area contributed by atoms with Crippen LogP contribution in [0.25, 0.3) is 5.57 Å². The molecule has 0 N–H and O–H groups in total. The molecular formula is C27H42O3Sn. The molecule has 2 aliphatic heterocycles. The average molecular weight is 533 g/mol. The van der Waals surface area contributed by atoms with Crippen molar-refractivity contribution >= 4 is 33.5 Å². The number of rotatable bonds is 12. The monoisotopic (exact) mass is 534 g/mol. The van der Waals surface area contributed by atoms with Crippen LogP contribution in [0.2, 0.25) is 13.3 Å². The van der Waals surface area contributed by atoms with Crippen LogP contribution in [0.15, 0.2) is 29.8 Å². The molecule has 2 atom stereocenters. The zero-order valence-electron chi connectivity index (χ0n) is 20.2. The van der Waals surface area contributed by atoms with E-state index in [2.05, 4.69) is 45.0 Å². The molecule has 2 bridgehead atoms. The van der Waals surface area contributed by atoms with E-state index in [1.54, 1.807) is 3.58 Å². The number of hydrogen-bond donors (Lipinski definition) is 0. The van der Waals surface area contributed by atoms with Gasteiger partial charge in [0.05, 0.1) is 0 Å². The molecule has 0 radical (unpaired) electrons. The van der Waals surface area contributed by atoms with Gasteiger partial charge in [0.15, 0.2) is 0 Å². The number of unbranched alkanes of at least 4 members (excludes halogenated alkanes) is 3. The fourth-order valence-corrected chi connectivity index (χ4v) is 21.5. The van der Waals surface area contributed by atoms with Crippen molar-refractivity contribution in [3.05, 3.63) is 35.4 Å². The number of ether oxygens (including phenoxy) is 2. The van der Waals surface area contributed by atoms with Crippen LogP contribution in [0.3, 0.4) is 0 Å². The number of benzene rings is 1. The van der Waals surface area contributed by atoms with Crippen LogP contribution in [0.5, 0.6) is 0 Å². The van der Waals surface area contributed by atoms with Crippen LogP contribution in [0.1, 0.15) is 84.1 Å². The van der Waals surface area contributed by atoms with Gasteiger partial charge in [-0.15, -0.1) is 0 Å². The third kappa shape index (κ3) is 5.76. The summed E-state index contributed by atoms with van der Waals surface area (Å²) in [6, 6.07) is 9.53. The summed E-state index contributed by atoms with van der Waals surface area (Å²) in [5, 5.41) is 0. The van der Waals surface area contributed by atoms with Crippen LogP contribution in [-0.2, 0) is 14.3 Å². The van der Waals surface area contributed by atoms with E-state index in [9.17, 15) is 4.79 Å². The summed E-state index contributed by atoms with van der Waals surface area (Å²) < 4.78 is 17.3. The average Bonchev–Trinajstić information content (AvgIpc) is 3.19. The number of hydrogen-bond acceptors (Lipinski definition) is 3. The summed E-state index contributed by atoms with van der Waals surface area (Å²) in [4.78, 5) is 12.6. The topological polar surface area (TPSA) is 35.5 Å². The maximum atomic E-state index is 12.6. The second-order valence-corrected chi connectivity index (χ2v) is 22.8. The Morgan fingerprint density at radius 2 is 1.55 bits per heavy atom. The van der Waals surface area contributed by atoms with E-state index in [0.29, 0.717) is 0 Å². The van der Waals surface area contributed by atoms with Gasteiger partial charge in [0.2, 0.25) is 0 Å². The van der Waals surface area contributed by atoms with Gasteiger partial charge in [0.1, 0.15) is 0 Å². The van der Waals surface area contributed by atoms with Crippen LogP contribution in [-0.4, -0.2) is 43.7 Å². The Kier molecular flexibility index (Phi) is 9.51. The van der Waals surface area contributed by atoms with Gasteiger partial charge in [0, 0.05) is 0 Å². The summed E-state index contributed by atoms with van der Waals surface area (Å²) in [6.07, 6.45) is 11.0. The first-order valence-electron chi connectivity index (χ1n) is 12.7. The molecule has 1 aromatic carbocycles. The number of fused-ring (bicyclic) bond motifs is 2. The van der Waals surface area contributed by atoms with Crippen LogP contribution >= 0.6 is 0 Å². The summed E-state index contributed by atoms with van der Waals surface area (Å²) in [5.41, 5.74) is 3.13. The van der Waals surface area contributed by atoms with Crippen LogP contribution in [0.4, 0.5) is 0 Å². The molecule has 0 aromatic heterocycles. The van der Waals surface area contributed by atoms with Gasteiger partial charge in [0.25, 0.3) is 0 Å². The third-order valence-corrected chi connectivity index (χ3v) is 23.1. The van der Waals surface area contributed by atoms with E-state index < -0.39 is 18.4 Å². The predicted octanol–water partition coefficient (Wildman–Crippen LogP) is 6.62. The molecule has 172 valence electrons. The molecule has 2 aliphatic rings. The Hall–Kier alpha value is -0.811. The first-order valence-corrected chi connectivity index (χ1v) is 20.1. The van der Waals surface area contributed by atoms with E-state index in [1.807, 2.05) is 0 Å². The molecule has 3 nitrogen and oxygen atoms in total. The molecule has 0 spiro atoms. The van der Waals surface area contributed by atoms with Crippen molar-refractivity contribution in [2.75, 3.05) is 7.11 Å². The number of methoxy groups -OCH3 is 1. The molecule has 2 heterocycles. The Labute approximate surface area is 193 Å². The fourth-order valence-electron chi connectivity index (χ4n) is 5.62. The van der Waals surface area contributed by atoms with Gasteiger partial charge in [-0.3, -0.25) is 0 Å². The van der Waals surface area contributed by atoms with Gasteiger partial charge >= 0.3 is 194 Å². The molecule has 0 amide bonds. The van der Waals surface area contributed by atoms with Gasteiger partial charge < -0.3 is 0 Å². The number of carbonyl (C=O) groups is 1. The normalized spacial score (nSPS) is 20.9. The standard InChI is InChI=1S/C15H15O3.3C4H9.Sn/c1-17-15(16)14-12(10-5-3-2-4-6-10)9-11-7-8-13(14)18-11;3*1-3-4-2;/h3-6,11,13H,7-9H2,1H3;3*1,3-4H2,2H3;/t11-,13+;;;;/m0..../s1. The first kappa shape index (κ1) is 24.8. The predicted molar refractivity (Wildman–Crippen MR) is 132 cm³/mol. The minimum atomic E-state index is -2.41. The van der Waals surface area contributed by atoms with Crippen molar-refractivity contribution in [3.8, 4) is 0 Å². The van der Waals surface area contributed by atoms with E-state index in [4.69, 9.17) is 9.47 Å². The summed E-state index contributed by atoms with van der Waals surface area (Å²) in [6.45, 7) is 7.00. The quantitative estimate of drug-likeness (QED) is 0.224. The Bertz CT molecular complexity index is 730. The van der Waals surface area contributed by atoms with Gasteiger partial charge in [-0.25, -0.2) is 0 Å². The first-order chi connectivity index (χ1) is 15.1. The minimum absolute atomic E-state index is 0.0854. The van der Waals surface area contributed by atoms with Crippen molar-refractivity contribution < 1.29 is 14.3 Å². The summed E-state index contributed by atoms with van der Waals surface area (Å²) in [5.74, 6) is -0.216. The molecule has 31 heavy (non-hydrogen) atoms. The fraction of sp³-hybridized carbons (Fsp3) is 0.667. The maximum absolute atomic E-state index is 12.6. The van der Waals surface area contributed by atoms with Crippen LogP contribution < -0.4 is 3.58 Å². The molecule has 1 saturated heterocycles. The Morgan fingerprint density at radius 3 is 2.06 bits per heavy atom. The molecule has 1 aromatic rings. The molecule has 1 fully saturated rings. The molecular weight excluding hydrogens is 491 g/mol. The number of esters is 1. The van der Waals surface area contributed by atoms with Crippen molar-refractivity contribution in [1.82, 2.24) is 0 Å². The van der Waals surface area contributed by atoms with Crippen molar-refractivity contribution in [1.29, 1.82) is 0 Å². The second-order valence-electron chi connectivity index (χ2n) is 9.58. The van der Waals surface area contributed by atoms with Crippen molar-refractivity contribution in [3.63, 3.8) is 0 Å². The summed E-state index contributed by atoms with van der Waals surface area (Å²) >= 11 is -2.41. The Morgan fingerprint density at radius 1 is 0.968 bits per heavy atom. The molecule has 0 unspecified atom stereocenters. The second kappa shape index (κ2) is 11.9. The van der Waals surface area contributed by atoms with Crippen LogP contribution in [0, 0.1) is 0 Å². The molecule has 3 rings (SSSR count). The van der Waals surface area contributed by atoms with Crippen molar-refractivity contribution in [2.45, 2.75) is 104 Å². The SMILES string of the molecule is CCC[CH2][Sn]([CH2]CCC)([CH2]CCC)[c]1ccc(C2=C(C(=O)OC)[C@H]3CC[C@@H](C2)O3)cc1. The van der Waals surface area contributed by atoms with E-state index >= 15 is 0 Å². The third-order valence-electron chi connectivity index (χ3n) is 7.46. The molecule has 4 heteroatoms. The van der Waals surface area contributed by atoms with E-state index in [-0.39, 0.29) is 18.2 Å². The van der Waals surface area contributed by atoms with Gasteiger partial charge in [-0.05, 0) is 0 Å². The zero-order valence-corrected chi connectivity index (χ0v) is 23.0. The van der Waals surface area contributed by atoms with Gasteiger partial charge in [-0.2, -0.15) is 0 Å². The summed E-state index contributed by atoms with van der Waals surface area (Å²) in [7, 11) is 1.48. The van der Waals surface area contributed by atoms with Crippen molar-refractivity contribution in [2.24, 2.45) is 0 Å². The number of carbonyl (C=O) groups excluding carboxylic acids is 1. The van der Waals surface area contributed by atoms with Gasteiger partial charge in [-0.1, -0.05) is 0 Å². The Balaban J connectivity index is 1.95. The molecule has 0 saturated carbocycles.